The van der Waals surface area contributed by atoms with E-state index in [1.54, 1.807) is 6.92 Å². The molecule has 0 amide bonds. The zero-order chi connectivity index (χ0) is 23.2. The standard InChI is InChI=1S/C18H29N3O8SSi/c1-10-8-21(15(23)20-13(10)22)14-12(28-31(5,6)16(2,3)4)18-11(27-14)7-19-17(18,24)9-30(25,26)29-18/h8,11-12,14,19,24H,7,9H2,1-6H3,(H,20,22,23)/t11-,12+,14-,17-,18-/m1/s1. The lowest BCUT2D eigenvalue weighted by Crippen LogP contribution is -2.65. The summed E-state index contributed by atoms with van der Waals surface area (Å²) in [7, 11) is -6.66. The fourth-order valence-corrected chi connectivity index (χ4v) is 7.23. The van der Waals surface area contributed by atoms with Gasteiger partial charge < -0.3 is 14.3 Å². The molecule has 13 heteroatoms. The number of aryl methyl sites for hydroxylation is 1. The number of hydrogen-bond acceptors (Lipinski definition) is 9. The van der Waals surface area contributed by atoms with Crippen LogP contribution in [0.2, 0.25) is 18.1 Å². The SMILES string of the molecule is Cc1cn([C@@H]2O[C@@H]3CN[C@@]4(O)CS(=O)(=O)O[C@@]34[C@H]2O[Si](C)(C)C(C)(C)C)c(=O)[nH]c1=O. The van der Waals surface area contributed by atoms with Crippen molar-refractivity contribution >= 4 is 18.4 Å². The van der Waals surface area contributed by atoms with Gasteiger partial charge in [-0.05, 0) is 25.1 Å². The first-order chi connectivity index (χ1) is 14.0. The summed E-state index contributed by atoms with van der Waals surface area (Å²) in [5, 5.41) is 13.9. The summed E-state index contributed by atoms with van der Waals surface area (Å²) >= 11 is 0. The Hall–Kier alpha value is -1.35. The molecule has 0 aromatic carbocycles. The van der Waals surface area contributed by atoms with Crippen LogP contribution in [0.4, 0.5) is 0 Å². The number of hydrogen-bond donors (Lipinski definition) is 3. The summed E-state index contributed by atoms with van der Waals surface area (Å²) in [6.45, 7) is 11.6. The number of nitrogens with zero attached hydrogens (tertiary/aromatic N) is 1. The Kier molecular flexibility index (Phi) is 4.85. The minimum Gasteiger partial charge on any atom is -0.406 e. The molecule has 0 bridgehead atoms. The summed E-state index contributed by atoms with van der Waals surface area (Å²) in [5.41, 5.74) is -4.69. The van der Waals surface area contributed by atoms with E-state index >= 15 is 0 Å². The number of H-pyrrole nitrogens is 1. The predicted octanol–water partition coefficient (Wildman–Crippen LogP) is -0.477. The van der Waals surface area contributed by atoms with Crippen molar-refractivity contribution < 1.29 is 26.9 Å². The molecule has 1 spiro atoms. The van der Waals surface area contributed by atoms with Crippen LogP contribution in [0.25, 0.3) is 0 Å². The second-order valence-corrected chi connectivity index (χ2v) is 16.4. The third kappa shape index (κ3) is 3.21. The van der Waals surface area contributed by atoms with Crippen LogP contribution in [0.1, 0.15) is 32.6 Å². The molecule has 5 atom stereocenters. The summed E-state index contributed by atoms with van der Waals surface area (Å²) in [6, 6.07) is 0. The van der Waals surface area contributed by atoms with Crippen molar-refractivity contribution in [2.45, 2.75) is 75.6 Å². The van der Waals surface area contributed by atoms with Crippen molar-refractivity contribution in [1.29, 1.82) is 0 Å². The van der Waals surface area contributed by atoms with E-state index in [0.29, 0.717) is 0 Å². The second-order valence-electron chi connectivity index (χ2n) is 10.1. The van der Waals surface area contributed by atoms with Crippen molar-refractivity contribution in [3.63, 3.8) is 0 Å². The Morgan fingerprint density at radius 3 is 2.58 bits per heavy atom. The molecule has 1 aromatic rings. The molecule has 3 saturated heterocycles. The van der Waals surface area contributed by atoms with Gasteiger partial charge in [-0.2, -0.15) is 8.42 Å². The molecule has 0 unspecified atom stereocenters. The summed E-state index contributed by atoms with van der Waals surface area (Å²) in [6.07, 6.45) is -1.78. The van der Waals surface area contributed by atoms with E-state index in [0.717, 1.165) is 0 Å². The Balaban J connectivity index is 1.91. The van der Waals surface area contributed by atoms with Crippen LogP contribution in [0.3, 0.4) is 0 Å². The first-order valence-electron chi connectivity index (χ1n) is 10.1. The molecule has 3 aliphatic rings. The quantitative estimate of drug-likeness (QED) is 0.389. The molecule has 4 heterocycles. The van der Waals surface area contributed by atoms with Gasteiger partial charge in [-0.25, -0.2) is 4.79 Å². The van der Waals surface area contributed by atoms with Crippen LogP contribution in [0.5, 0.6) is 0 Å². The van der Waals surface area contributed by atoms with Crippen LogP contribution in [0, 0.1) is 6.92 Å². The van der Waals surface area contributed by atoms with Gasteiger partial charge in [0.05, 0.1) is 0 Å². The van der Waals surface area contributed by atoms with Crippen molar-refractivity contribution in [2.75, 3.05) is 12.3 Å². The molecular weight excluding hydrogens is 446 g/mol. The average molecular weight is 476 g/mol. The minimum atomic E-state index is -4.08. The molecule has 31 heavy (non-hydrogen) atoms. The van der Waals surface area contributed by atoms with Gasteiger partial charge in [0.15, 0.2) is 25.9 Å². The highest BCUT2D eigenvalue weighted by Gasteiger charge is 2.79. The molecular formula is C18H29N3O8SSi. The molecule has 0 saturated carbocycles. The van der Waals surface area contributed by atoms with Crippen molar-refractivity contribution in [2.24, 2.45) is 0 Å². The van der Waals surface area contributed by atoms with E-state index in [4.69, 9.17) is 13.3 Å². The lowest BCUT2D eigenvalue weighted by Gasteiger charge is -2.44. The van der Waals surface area contributed by atoms with Crippen LogP contribution >= 0.6 is 0 Å². The number of aliphatic hydroxyl groups is 1. The fourth-order valence-electron chi connectivity index (χ4n) is 4.29. The summed E-state index contributed by atoms with van der Waals surface area (Å²) in [4.78, 5) is 26.8. The maximum Gasteiger partial charge on any atom is 0.330 e. The van der Waals surface area contributed by atoms with E-state index in [2.05, 4.69) is 10.3 Å². The smallest absolute Gasteiger partial charge is 0.330 e. The number of ether oxygens (including phenoxy) is 1. The Morgan fingerprint density at radius 2 is 1.97 bits per heavy atom. The Labute approximate surface area is 181 Å². The van der Waals surface area contributed by atoms with Gasteiger partial charge in [0, 0.05) is 18.3 Å². The molecule has 0 radical (unpaired) electrons. The maximum atomic E-state index is 12.7. The maximum absolute atomic E-state index is 12.7. The van der Waals surface area contributed by atoms with Gasteiger partial charge in [-0.15, -0.1) is 0 Å². The number of aromatic nitrogens is 2. The lowest BCUT2D eigenvalue weighted by molar-refractivity contribution is -0.137. The van der Waals surface area contributed by atoms with Crippen molar-refractivity contribution in [3.05, 3.63) is 32.6 Å². The monoisotopic (exact) mass is 475 g/mol. The number of nitrogens with one attached hydrogen (secondary N) is 2. The highest BCUT2D eigenvalue weighted by molar-refractivity contribution is 7.87. The largest absolute Gasteiger partial charge is 0.406 e. The molecule has 11 nitrogen and oxygen atoms in total. The van der Waals surface area contributed by atoms with Gasteiger partial charge in [0.25, 0.3) is 15.7 Å². The van der Waals surface area contributed by atoms with Gasteiger partial charge in [0.2, 0.25) is 0 Å². The highest BCUT2D eigenvalue weighted by Crippen LogP contribution is 2.55. The molecule has 174 valence electrons. The third-order valence-corrected chi connectivity index (χ3v) is 12.7. The van der Waals surface area contributed by atoms with Crippen LogP contribution in [0.15, 0.2) is 15.8 Å². The van der Waals surface area contributed by atoms with Crippen molar-refractivity contribution in [3.8, 4) is 0 Å². The normalized spacial score (nSPS) is 37.1. The molecule has 4 rings (SSSR count). The molecule has 3 N–H and O–H groups in total. The van der Waals surface area contributed by atoms with Gasteiger partial charge in [-0.3, -0.25) is 23.8 Å². The average Bonchev–Trinajstić information content (AvgIpc) is 3.10. The van der Waals surface area contributed by atoms with E-state index in [1.807, 2.05) is 33.9 Å². The van der Waals surface area contributed by atoms with Crippen LogP contribution in [-0.2, 0) is 23.5 Å². The van der Waals surface area contributed by atoms with E-state index in [9.17, 15) is 23.1 Å². The number of rotatable bonds is 3. The summed E-state index contributed by atoms with van der Waals surface area (Å²) < 4.78 is 44.4. The lowest BCUT2D eigenvalue weighted by atomic mass is 9.86. The van der Waals surface area contributed by atoms with Crippen LogP contribution in [-0.4, -0.2) is 67.2 Å². The third-order valence-electron chi connectivity index (χ3n) is 6.99. The van der Waals surface area contributed by atoms with Crippen LogP contribution < -0.4 is 16.6 Å². The minimum absolute atomic E-state index is 0.108. The Morgan fingerprint density at radius 1 is 1.32 bits per heavy atom. The zero-order valence-corrected chi connectivity index (χ0v) is 20.2. The topological polar surface area (TPSA) is 149 Å². The summed E-state index contributed by atoms with van der Waals surface area (Å²) in [5.74, 6) is -0.663. The zero-order valence-electron chi connectivity index (χ0n) is 18.4. The molecule has 0 aliphatic carbocycles. The molecule has 3 aliphatic heterocycles. The molecule has 3 fully saturated rings. The first-order valence-corrected chi connectivity index (χ1v) is 14.6. The van der Waals surface area contributed by atoms with Gasteiger partial charge >= 0.3 is 5.69 Å². The van der Waals surface area contributed by atoms with Gasteiger partial charge in [0.1, 0.15) is 18.0 Å². The fraction of sp³-hybridized carbons (Fsp3) is 0.778. The van der Waals surface area contributed by atoms with Crippen molar-refractivity contribution in [1.82, 2.24) is 14.9 Å². The highest BCUT2D eigenvalue weighted by atomic mass is 32.2. The van der Waals surface area contributed by atoms with Gasteiger partial charge in [-0.1, -0.05) is 20.8 Å². The predicted molar refractivity (Wildman–Crippen MR) is 113 cm³/mol. The van der Waals surface area contributed by atoms with E-state index in [-0.39, 0.29) is 17.1 Å². The molecule has 1 aromatic heterocycles. The first kappa shape index (κ1) is 22.8. The second kappa shape index (κ2) is 6.59. The number of aromatic amines is 1. The Bertz CT molecular complexity index is 1140. The van der Waals surface area contributed by atoms with E-state index in [1.165, 1.54) is 10.8 Å². The van der Waals surface area contributed by atoms with E-state index < -0.39 is 65.2 Å².